The zero-order chi connectivity index (χ0) is 28.3. The van der Waals surface area contributed by atoms with Gasteiger partial charge in [-0.2, -0.15) is 0 Å². The van der Waals surface area contributed by atoms with Crippen molar-refractivity contribution in [3.05, 3.63) is 116 Å². The van der Waals surface area contributed by atoms with Gasteiger partial charge in [-0.15, -0.1) is 0 Å². The lowest BCUT2D eigenvalue weighted by atomic mass is 9.88. The Morgan fingerprint density at radius 3 is 0.947 bits per heavy atom. The Balaban J connectivity index is 0.000000212. The molecule has 4 aromatic carbocycles. The molecule has 0 aliphatic heterocycles. The van der Waals surface area contributed by atoms with Gasteiger partial charge in [0.25, 0.3) is 0 Å². The maximum atomic E-state index is 9.87. The summed E-state index contributed by atoms with van der Waals surface area (Å²) in [6.07, 6.45) is 0. The summed E-state index contributed by atoms with van der Waals surface area (Å²) in [5.74, 6) is 1.87. The van der Waals surface area contributed by atoms with Crippen molar-refractivity contribution in [3.8, 4) is 23.0 Å². The van der Waals surface area contributed by atoms with Crippen molar-refractivity contribution >= 4 is 0 Å². The molecule has 0 amide bonds. The first-order chi connectivity index (χ1) is 17.8. The molecule has 0 aliphatic rings. The summed E-state index contributed by atoms with van der Waals surface area (Å²) in [4.78, 5) is 0. The number of phenols is 4. The number of aromatic hydroxyl groups is 4. The molecule has 4 rings (SSSR count). The largest absolute Gasteiger partial charge is 0.508 e. The summed E-state index contributed by atoms with van der Waals surface area (Å²) in [7, 11) is 0. The van der Waals surface area contributed by atoms with Crippen molar-refractivity contribution in [1.82, 2.24) is 0 Å². The van der Waals surface area contributed by atoms with E-state index < -0.39 is 0 Å². The van der Waals surface area contributed by atoms with Gasteiger partial charge in [-0.05, 0) is 109 Å². The predicted molar refractivity (Wildman–Crippen MR) is 156 cm³/mol. The summed E-state index contributed by atoms with van der Waals surface area (Å²) >= 11 is 0. The second kappa shape index (κ2) is 11.6. The fourth-order valence-corrected chi connectivity index (χ4v) is 4.76. The first-order valence-corrected chi connectivity index (χ1v) is 13.0. The van der Waals surface area contributed by atoms with Gasteiger partial charge in [-0.1, -0.05) is 62.4 Å². The van der Waals surface area contributed by atoms with E-state index in [9.17, 15) is 20.4 Å². The van der Waals surface area contributed by atoms with E-state index in [-0.39, 0.29) is 11.8 Å². The van der Waals surface area contributed by atoms with Crippen LogP contribution < -0.4 is 0 Å². The zero-order valence-corrected chi connectivity index (χ0v) is 23.7. The van der Waals surface area contributed by atoms with Crippen LogP contribution in [0.25, 0.3) is 0 Å². The highest BCUT2D eigenvalue weighted by atomic mass is 16.3. The van der Waals surface area contributed by atoms with Gasteiger partial charge < -0.3 is 20.4 Å². The molecule has 0 aliphatic carbocycles. The highest BCUT2D eigenvalue weighted by Gasteiger charge is 2.14. The van der Waals surface area contributed by atoms with Crippen LogP contribution in [0.2, 0.25) is 0 Å². The predicted octanol–water partition coefficient (Wildman–Crippen LogP) is 8.35. The van der Waals surface area contributed by atoms with E-state index in [0.717, 1.165) is 44.5 Å². The van der Waals surface area contributed by atoms with E-state index in [4.69, 9.17) is 0 Å². The summed E-state index contributed by atoms with van der Waals surface area (Å²) in [6.45, 7) is 15.8. The van der Waals surface area contributed by atoms with Gasteiger partial charge in [0.1, 0.15) is 23.0 Å². The average Bonchev–Trinajstić information content (AvgIpc) is 2.88. The molecule has 4 nitrogen and oxygen atoms in total. The Bertz CT molecular complexity index is 1300. The molecular weight excluding hydrogens is 472 g/mol. The molecule has 0 radical (unpaired) electrons. The monoisotopic (exact) mass is 512 g/mol. The van der Waals surface area contributed by atoms with Crippen LogP contribution in [0.3, 0.4) is 0 Å². The smallest absolute Gasteiger partial charge is 0.121 e. The van der Waals surface area contributed by atoms with Gasteiger partial charge in [-0.3, -0.25) is 0 Å². The van der Waals surface area contributed by atoms with Crippen LogP contribution in [0, 0.1) is 41.5 Å². The molecule has 0 fully saturated rings. The van der Waals surface area contributed by atoms with Crippen molar-refractivity contribution < 1.29 is 20.4 Å². The van der Waals surface area contributed by atoms with E-state index in [2.05, 4.69) is 13.8 Å². The van der Waals surface area contributed by atoms with Gasteiger partial charge in [0.05, 0.1) is 0 Å². The summed E-state index contributed by atoms with van der Waals surface area (Å²) in [5, 5.41) is 38.8. The van der Waals surface area contributed by atoms with Crippen molar-refractivity contribution in [3.63, 3.8) is 0 Å². The second-order valence-corrected chi connectivity index (χ2v) is 10.5. The van der Waals surface area contributed by atoms with Crippen LogP contribution in [0.4, 0.5) is 0 Å². The first kappa shape index (κ1) is 28.6. The summed E-state index contributed by atoms with van der Waals surface area (Å²) in [6, 6.07) is 19.5. The Kier molecular flexibility index (Phi) is 8.78. The molecule has 4 N–H and O–H groups in total. The van der Waals surface area contributed by atoms with Crippen molar-refractivity contribution in [2.24, 2.45) is 0 Å². The number of hydrogen-bond donors (Lipinski definition) is 4. The topological polar surface area (TPSA) is 80.9 Å². The number of hydrogen-bond acceptors (Lipinski definition) is 4. The van der Waals surface area contributed by atoms with Crippen LogP contribution in [0.1, 0.15) is 81.3 Å². The maximum absolute atomic E-state index is 9.87. The molecule has 0 atom stereocenters. The SMILES string of the molecule is Cc1cc(C(C)c2cc(C)c(O)c(C)c2)cc(C)c1O.Cc1cc(C(C)c2ccc(O)c(C)c2)ccc1O. The molecular formula is C34H40O4. The van der Waals surface area contributed by atoms with E-state index in [1.54, 1.807) is 12.1 Å². The summed E-state index contributed by atoms with van der Waals surface area (Å²) < 4.78 is 0. The molecule has 0 saturated carbocycles. The minimum Gasteiger partial charge on any atom is -0.508 e. The third-order valence-corrected chi connectivity index (χ3v) is 7.47. The lowest BCUT2D eigenvalue weighted by molar-refractivity contribution is 0.466. The Hall–Kier alpha value is -3.92. The fraction of sp³-hybridized carbons (Fsp3) is 0.294. The van der Waals surface area contributed by atoms with E-state index in [1.165, 1.54) is 11.1 Å². The number of phenolic OH excluding ortho intramolecular Hbond substituents is 4. The Labute approximate surface area is 226 Å². The molecule has 38 heavy (non-hydrogen) atoms. The van der Waals surface area contributed by atoms with E-state index in [0.29, 0.717) is 23.0 Å². The van der Waals surface area contributed by atoms with Gasteiger partial charge >= 0.3 is 0 Å². The minimum absolute atomic E-state index is 0.228. The maximum Gasteiger partial charge on any atom is 0.121 e. The average molecular weight is 513 g/mol. The van der Waals surface area contributed by atoms with Crippen molar-refractivity contribution in [2.45, 2.75) is 67.2 Å². The molecule has 0 saturated heterocycles. The molecule has 0 bridgehead atoms. The highest BCUT2D eigenvalue weighted by Crippen LogP contribution is 2.34. The van der Waals surface area contributed by atoms with Crippen LogP contribution >= 0.6 is 0 Å². The van der Waals surface area contributed by atoms with Crippen LogP contribution in [0.15, 0.2) is 60.7 Å². The minimum atomic E-state index is 0.228. The van der Waals surface area contributed by atoms with E-state index in [1.807, 2.05) is 90.1 Å². The van der Waals surface area contributed by atoms with Gasteiger partial charge in [0.15, 0.2) is 0 Å². The lowest BCUT2D eigenvalue weighted by Crippen LogP contribution is -1.99. The normalized spacial score (nSPS) is 11.0. The molecule has 0 aromatic heterocycles. The van der Waals surface area contributed by atoms with Gasteiger partial charge in [0.2, 0.25) is 0 Å². The van der Waals surface area contributed by atoms with Crippen LogP contribution in [-0.4, -0.2) is 20.4 Å². The molecule has 4 heteroatoms. The third kappa shape index (κ3) is 6.31. The first-order valence-electron chi connectivity index (χ1n) is 13.0. The molecule has 4 aromatic rings. The quantitative estimate of drug-likeness (QED) is 0.221. The van der Waals surface area contributed by atoms with Gasteiger partial charge in [0, 0.05) is 11.8 Å². The zero-order valence-electron chi connectivity index (χ0n) is 23.7. The lowest BCUT2D eigenvalue weighted by Gasteiger charge is -2.17. The number of rotatable bonds is 4. The van der Waals surface area contributed by atoms with Crippen LogP contribution in [-0.2, 0) is 0 Å². The Morgan fingerprint density at radius 1 is 0.395 bits per heavy atom. The van der Waals surface area contributed by atoms with E-state index >= 15 is 0 Å². The fourth-order valence-electron chi connectivity index (χ4n) is 4.76. The summed E-state index contributed by atoms with van der Waals surface area (Å²) in [5.41, 5.74) is 10.1. The van der Waals surface area contributed by atoms with Gasteiger partial charge in [-0.25, -0.2) is 0 Å². The van der Waals surface area contributed by atoms with Crippen molar-refractivity contribution in [2.75, 3.05) is 0 Å². The highest BCUT2D eigenvalue weighted by molar-refractivity contribution is 5.49. The van der Waals surface area contributed by atoms with Crippen molar-refractivity contribution in [1.29, 1.82) is 0 Å². The number of benzene rings is 4. The molecule has 0 unspecified atom stereocenters. The molecule has 200 valence electrons. The molecule has 0 spiro atoms. The molecule has 0 heterocycles. The van der Waals surface area contributed by atoms with Crippen LogP contribution in [0.5, 0.6) is 23.0 Å². The number of aryl methyl sites for hydroxylation is 6. The second-order valence-electron chi connectivity index (χ2n) is 10.5. The Morgan fingerprint density at radius 2 is 0.658 bits per heavy atom. The third-order valence-electron chi connectivity index (χ3n) is 7.47. The standard InChI is InChI=1S/C18H22O2.C16H18O2/c1-10-6-15(7-11(2)17(10)19)14(5)16-8-12(3)18(20)13(4)9-16;1-10-8-13(4-6-15(10)17)12(3)14-5-7-16(18)11(2)9-14/h6-9,14,19-20H,1-5H3;4-9,12,17-18H,1-3H3.